The van der Waals surface area contributed by atoms with Gasteiger partial charge in [-0.15, -0.1) is 0 Å². The summed E-state index contributed by atoms with van der Waals surface area (Å²) in [6.07, 6.45) is 0.681. The molecule has 2 aromatic rings. The second-order valence-electron chi connectivity index (χ2n) is 6.50. The molecule has 2 heterocycles. The summed E-state index contributed by atoms with van der Waals surface area (Å²) >= 11 is 3.27. The smallest absolute Gasteiger partial charge is 0.407 e. The lowest BCUT2D eigenvalue weighted by molar-refractivity contribution is 0.136. The Morgan fingerprint density at radius 2 is 2.15 bits per heavy atom. The molecule has 3 rings (SSSR count). The highest BCUT2D eigenvalue weighted by Gasteiger charge is 2.27. The predicted octanol–water partition coefficient (Wildman–Crippen LogP) is 2.06. The average molecular weight is 437 g/mol. The lowest BCUT2D eigenvalue weighted by Gasteiger charge is -2.40. The number of carbonyl (C=O) groups is 1. The number of rotatable bonds is 3. The molecule has 0 radical (unpaired) electrons. The van der Waals surface area contributed by atoms with E-state index in [1.807, 2.05) is 19.1 Å². The molecule has 1 atom stereocenters. The van der Waals surface area contributed by atoms with E-state index < -0.39 is 6.09 Å². The second-order valence-corrected chi connectivity index (χ2v) is 7.31. The first-order valence-electron chi connectivity index (χ1n) is 8.40. The van der Waals surface area contributed by atoms with Crippen LogP contribution in [0.25, 0.3) is 0 Å². The van der Waals surface area contributed by atoms with Gasteiger partial charge >= 0.3 is 6.09 Å². The molecule has 1 unspecified atom stereocenters. The quantitative estimate of drug-likeness (QED) is 0.630. The van der Waals surface area contributed by atoms with Crippen molar-refractivity contribution < 1.29 is 9.90 Å². The first kappa shape index (κ1) is 19.0. The molecule has 10 heteroatoms. The SMILES string of the molecule is CC1CN(C(=O)O)CCN1c1ccc(Nc2nc(Br)cn(C)c2=O)cc1N. The molecular weight excluding hydrogens is 416 g/mol. The van der Waals surface area contributed by atoms with E-state index in [0.29, 0.717) is 35.6 Å². The molecule has 0 spiro atoms. The van der Waals surface area contributed by atoms with Gasteiger partial charge in [0.2, 0.25) is 0 Å². The van der Waals surface area contributed by atoms with Gasteiger partial charge in [0.1, 0.15) is 4.60 Å². The topological polar surface area (TPSA) is 117 Å². The number of carboxylic acid groups (broad SMARTS) is 1. The van der Waals surface area contributed by atoms with E-state index in [1.165, 1.54) is 9.47 Å². The molecule has 0 saturated carbocycles. The van der Waals surface area contributed by atoms with Crippen LogP contribution in [0.1, 0.15) is 6.92 Å². The number of nitrogen functional groups attached to an aromatic ring is 1. The Kier molecular flexibility index (Phi) is 5.26. The van der Waals surface area contributed by atoms with Crippen LogP contribution >= 0.6 is 15.9 Å². The summed E-state index contributed by atoms with van der Waals surface area (Å²) in [6.45, 7) is 3.39. The fourth-order valence-corrected chi connectivity index (χ4v) is 3.65. The summed E-state index contributed by atoms with van der Waals surface area (Å²) in [6, 6.07) is 5.44. The molecule has 27 heavy (non-hydrogen) atoms. The number of nitrogens with one attached hydrogen (secondary N) is 1. The van der Waals surface area contributed by atoms with E-state index in [9.17, 15) is 9.59 Å². The molecule has 144 valence electrons. The van der Waals surface area contributed by atoms with Crippen molar-refractivity contribution in [1.29, 1.82) is 0 Å². The summed E-state index contributed by atoms with van der Waals surface area (Å²) in [5.74, 6) is 0.197. The Hall–Kier alpha value is -2.75. The van der Waals surface area contributed by atoms with Crippen LogP contribution in [0.15, 0.2) is 33.8 Å². The van der Waals surface area contributed by atoms with Gasteiger partial charge < -0.3 is 30.5 Å². The van der Waals surface area contributed by atoms with Crippen LogP contribution in [-0.4, -0.2) is 51.3 Å². The number of amides is 1. The minimum Gasteiger partial charge on any atom is -0.465 e. The molecule has 0 aliphatic carbocycles. The zero-order valence-electron chi connectivity index (χ0n) is 15.0. The van der Waals surface area contributed by atoms with Crippen LogP contribution in [0, 0.1) is 0 Å². The van der Waals surface area contributed by atoms with Crippen LogP contribution in [0.5, 0.6) is 0 Å². The number of hydrogen-bond donors (Lipinski definition) is 3. The van der Waals surface area contributed by atoms with E-state index in [2.05, 4.69) is 31.1 Å². The number of nitrogens with two attached hydrogens (primary N) is 1. The Morgan fingerprint density at radius 1 is 1.41 bits per heavy atom. The van der Waals surface area contributed by atoms with Crippen LogP contribution in [0.3, 0.4) is 0 Å². The van der Waals surface area contributed by atoms with Gasteiger partial charge in [0, 0.05) is 44.6 Å². The third-order valence-electron chi connectivity index (χ3n) is 4.54. The fraction of sp³-hybridized carbons (Fsp3) is 0.353. The van der Waals surface area contributed by atoms with Crippen LogP contribution in [0.4, 0.5) is 27.7 Å². The van der Waals surface area contributed by atoms with Gasteiger partial charge in [-0.25, -0.2) is 9.78 Å². The Morgan fingerprint density at radius 3 is 2.78 bits per heavy atom. The molecule has 1 aliphatic heterocycles. The summed E-state index contributed by atoms with van der Waals surface area (Å²) in [5.41, 5.74) is 8.02. The maximum atomic E-state index is 12.2. The Bertz CT molecular complexity index is 931. The van der Waals surface area contributed by atoms with Gasteiger partial charge in [-0.05, 0) is 41.1 Å². The summed E-state index contributed by atoms with van der Waals surface area (Å²) in [7, 11) is 1.65. The third kappa shape index (κ3) is 4.00. The van der Waals surface area contributed by atoms with Crippen molar-refractivity contribution in [2.24, 2.45) is 7.05 Å². The maximum absolute atomic E-state index is 12.2. The highest BCUT2D eigenvalue weighted by molar-refractivity contribution is 9.10. The molecule has 1 aliphatic rings. The maximum Gasteiger partial charge on any atom is 0.407 e. The van der Waals surface area contributed by atoms with Crippen molar-refractivity contribution >= 4 is 44.9 Å². The van der Waals surface area contributed by atoms with Crippen LogP contribution < -0.4 is 21.5 Å². The first-order chi connectivity index (χ1) is 12.8. The number of anilines is 4. The number of aryl methyl sites for hydroxylation is 1. The molecule has 1 amide bonds. The van der Waals surface area contributed by atoms with Gasteiger partial charge in [0.05, 0.1) is 11.4 Å². The largest absolute Gasteiger partial charge is 0.465 e. The van der Waals surface area contributed by atoms with E-state index in [4.69, 9.17) is 10.8 Å². The monoisotopic (exact) mass is 436 g/mol. The van der Waals surface area contributed by atoms with Crippen molar-refractivity contribution in [2.45, 2.75) is 13.0 Å². The van der Waals surface area contributed by atoms with Crippen molar-refractivity contribution in [3.63, 3.8) is 0 Å². The average Bonchev–Trinajstić information content (AvgIpc) is 2.60. The number of halogens is 1. The van der Waals surface area contributed by atoms with Crippen molar-refractivity contribution in [3.8, 4) is 0 Å². The van der Waals surface area contributed by atoms with Crippen molar-refractivity contribution in [1.82, 2.24) is 14.5 Å². The van der Waals surface area contributed by atoms with Crippen LogP contribution in [0.2, 0.25) is 0 Å². The first-order valence-corrected chi connectivity index (χ1v) is 9.20. The number of benzene rings is 1. The number of hydrogen-bond acceptors (Lipinski definition) is 6. The number of nitrogens with zero attached hydrogens (tertiary/aromatic N) is 4. The Balaban J connectivity index is 1.81. The van der Waals surface area contributed by atoms with Gasteiger partial charge in [0.25, 0.3) is 5.56 Å². The van der Waals surface area contributed by atoms with Gasteiger partial charge in [-0.2, -0.15) is 0 Å². The van der Waals surface area contributed by atoms with E-state index in [0.717, 1.165) is 5.69 Å². The van der Waals surface area contributed by atoms with Gasteiger partial charge in [-0.3, -0.25) is 4.79 Å². The zero-order valence-corrected chi connectivity index (χ0v) is 16.6. The van der Waals surface area contributed by atoms with E-state index in [1.54, 1.807) is 19.3 Å². The number of piperazine rings is 1. The molecule has 1 fully saturated rings. The molecular formula is C17H21BrN6O3. The van der Waals surface area contributed by atoms with Gasteiger partial charge in [0.15, 0.2) is 5.82 Å². The van der Waals surface area contributed by atoms with Crippen LogP contribution in [-0.2, 0) is 7.05 Å². The number of aromatic nitrogens is 2. The molecule has 4 N–H and O–H groups in total. The standard InChI is InChI=1S/C17H21BrN6O3/c1-10-8-23(17(26)27)5-6-24(10)13-4-3-11(7-12(13)19)20-15-16(25)22(2)9-14(18)21-15/h3-4,7,9-10H,5-6,8,19H2,1-2H3,(H,20,21)(H,26,27). The molecule has 1 saturated heterocycles. The fourth-order valence-electron chi connectivity index (χ4n) is 3.17. The minimum absolute atomic E-state index is 0.00926. The predicted molar refractivity (Wildman–Crippen MR) is 108 cm³/mol. The molecule has 1 aromatic heterocycles. The zero-order chi connectivity index (χ0) is 19.7. The van der Waals surface area contributed by atoms with Gasteiger partial charge in [-0.1, -0.05) is 0 Å². The summed E-state index contributed by atoms with van der Waals surface area (Å²) < 4.78 is 1.97. The second kappa shape index (κ2) is 7.47. The lowest BCUT2D eigenvalue weighted by Crippen LogP contribution is -2.53. The summed E-state index contributed by atoms with van der Waals surface area (Å²) in [4.78, 5) is 31.0. The third-order valence-corrected chi connectivity index (χ3v) is 4.92. The summed E-state index contributed by atoms with van der Waals surface area (Å²) in [5, 5.41) is 12.1. The normalized spacial score (nSPS) is 17.1. The lowest BCUT2D eigenvalue weighted by atomic mass is 10.1. The Labute approximate surface area is 164 Å². The van der Waals surface area contributed by atoms with E-state index >= 15 is 0 Å². The molecule has 1 aromatic carbocycles. The highest BCUT2D eigenvalue weighted by atomic mass is 79.9. The molecule has 9 nitrogen and oxygen atoms in total. The highest BCUT2D eigenvalue weighted by Crippen LogP contribution is 2.30. The van der Waals surface area contributed by atoms with Crippen molar-refractivity contribution in [3.05, 3.63) is 39.4 Å². The van der Waals surface area contributed by atoms with E-state index in [-0.39, 0.29) is 17.4 Å². The molecule has 0 bridgehead atoms. The minimum atomic E-state index is -0.905. The van der Waals surface area contributed by atoms with Crippen molar-refractivity contribution in [2.75, 3.05) is 35.6 Å².